The third-order valence-electron chi connectivity index (χ3n) is 4.65. The van der Waals surface area contributed by atoms with E-state index >= 15 is 0 Å². The second kappa shape index (κ2) is 5.94. The minimum absolute atomic E-state index is 0.875. The molecular formula is C19H28. The molecule has 2 rings (SSSR count). The molecule has 0 aromatic heterocycles. The summed E-state index contributed by atoms with van der Waals surface area (Å²) >= 11 is 0. The second-order valence-electron chi connectivity index (χ2n) is 5.94. The Morgan fingerprint density at radius 1 is 1.11 bits per heavy atom. The molecule has 0 spiro atoms. The highest BCUT2D eigenvalue weighted by Gasteiger charge is 2.23. The van der Waals surface area contributed by atoms with Crippen molar-refractivity contribution in [3.8, 4) is 0 Å². The number of aryl methyl sites for hydroxylation is 2. The molecule has 0 atom stereocenters. The Morgan fingerprint density at radius 3 is 2.21 bits per heavy atom. The van der Waals surface area contributed by atoms with Crippen LogP contribution in [0.15, 0.2) is 11.6 Å². The molecule has 0 amide bonds. The fourth-order valence-electron chi connectivity index (χ4n) is 3.20. The lowest BCUT2D eigenvalue weighted by Crippen LogP contribution is -2.02. The summed E-state index contributed by atoms with van der Waals surface area (Å²) in [5.74, 6) is 0.875. The van der Waals surface area contributed by atoms with E-state index in [1.807, 2.05) is 0 Å². The SMILES string of the molecule is CCc1cc(CC)c(CC)c(C)c1/C=C(\C)C1CC1. The first-order valence-electron chi connectivity index (χ1n) is 7.94. The van der Waals surface area contributed by atoms with Crippen LogP contribution in [0.25, 0.3) is 6.08 Å². The van der Waals surface area contributed by atoms with Crippen LogP contribution in [0.3, 0.4) is 0 Å². The van der Waals surface area contributed by atoms with Crippen LogP contribution in [0.4, 0.5) is 0 Å². The van der Waals surface area contributed by atoms with Crippen LogP contribution in [0.2, 0.25) is 0 Å². The van der Waals surface area contributed by atoms with Gasteiger partial charge in [0.25, 0.3) is 0 Å². The minimum atomic E-state index is 0.875. The molecule has 0 saturated heterocycles. The predicted octanol–water partition coefficient (Wildman–Crippen LogP) is 5.50. The Kier molecular flexibility index (Phi) is 4.50. The molecule has 1 fully saturated rings. The predicted molar refractivity (Wildman–Crippen MR) is 85.7 cm³/mol. The monoisotopic (exact) mass is 256 g/mol. The quantitative estimate of drug-likeness (QED) is 0.653. The first-order valence-corrected chi connectivity index (χ1v) is 7.94. The van der Waals surface area contributed by atoms with Gasteiger partial charge in [0.15, 0.2) is 0 Å². The first kappa shape index (κ1) is 14.4. The molecule has 104 valence electrons. The van der Waals surface area contributed by atoms with Gasteiger partial charge in [-0.1, -0.05) is 38.5 Å². The van der Waals surface area contributed by atoms with Crippen molar-refractivity contribution in [1.82, 2.24) is 0 Å². The Balaban J connectivity index is 2.54. The molecule has 0 heterocycles. The molecule has 0 bridgehead atoms. The molecule has 1 saturated carbocycles. The average Bonchev–Trinajstić information content (AvgIpc) is 3.24. The van der Waals surface area contributed by atoms with E-state index in [1.165, 1.54) is 29.5 Å². The van der Waals surface area contributed by atoms with Crippen molar-refractivity contribution in [1.29, 1.82) is 0 Å². The second-order valence-corrected chi connectivity index (χ2v) is 5.94. The van der Waals surface area contributed by atoms with Crippen molar-refractivity contribution in [2.45, 2.75) is 66.7 Å². The van der Waals surface area contributed by atoms with E-state index in [2.05, 4.69) is 46.8 Å². The van der Waals surface area contributed by atoms with Crippen LogP contribution in [0.5, 0.6) is 0 Å². The van der Waals surface area contributed by atoms with Gasteiger partial charge in [-0.2, -0.15) is 0 Å². The molecule has 0 N–H and O–H groups in total. The summed E-state index contributed by atoms with van der Waals surface area (Å²) in [7, 11) is 0. The molecule has 0 nitrogen and oxygen atoms in total. The molecule has 1 aromatic rings. The summed E-state index contributed by atoms with van der Waals surface area (Å²) in [6.45, 7) is 11.5. The highest BCUT2D eigenvalue weighted by Crippen LogP contribution is 2.38. The Labute approximate surface area is 118 Å². The number of hydrogen-bond acceptors (Lipinski definition) is 0. The van der Waals surface area contributed by atoms with Gasteiger partial charge in [-0.05, 0) is 79.7 Å². The third kappa shape index (κ3) is 2.94. The molecule has 1 aliphatic carbocycles. The fraction of sp³-hybridized carbons (Fsp3) is 0.579. The van der Waals surface area contributed by atoms with Crippen LogP contribution < -0.4 is 0 Å². The van der Waals surface area contributed by atoms with E-state index in [1.54, 1.807) is 16.7 Å². The molecule has 0 unspecified atom stereocenters. The van der Waals surface area contributed by atoms with Crippen molar-refractivity contribution >= 4 is 6.08 Å². The van der Waals surface area contributed by atoms with Gasteiger partial charge < -0.3 is 0 Å². The van der Waals surface area contributed by atoms with Crippen molar-refractivity contribution < 1.29 is 0 Å². The highest BCUT2D eigenvalue weighted by molar-refractivity contribution is 5.64. The summed E-state index contributed by atoms with van der Waals surface area (Å²) < 4.78 is 0. The summed E-state index contributed by atoms with van der Waals surface area (Å²) in [6, 6.07) is 2.46. The summed E-state index contributed by atoms with van der Waals surface area (Å²) in [5.41, 5.74) is 9.29. The Morgan fingerprint density at radius 2 is 1.74 bits per heavy atom. The lowest BCUT2D eigenvalue weighted by Gasteiger charge is -2.17. The van der Waals surface area contributed by atoms with Crippen LogP contribution in [-0.4, -0.2) is 0 Å². The lowest BCUT2D eigenvalue weighted by molar-refractivity contribution is 0.985. The summed E-state index contributed by atoms with van der Waals surface area (Å²) in [6.07, 6.45) is 8.73. The van der Waals surface area contributed by atoms with Gasteiger partial charge in [0, 0.05) is 0 Å². The standard InChI is InChI=1S/C19H28/c1-6-15-12-16(7-2)19(14(5)18(15)8-3)11-13(4)17-9-10-17/h11-12,17H,6-10H2,1-5H3/b13-11+. The van der Waals surface area contributed by atoms with Gasteiger partial charge >= 0.3 is 0 Å². The van der Waals surface area contributed by atoms with Crippen molar-refractivity contribution in [3.63, 3.8) is 0 Å². The van der Waals surface area contributed by atoms with E-state index in [4.69, 9.17) is 0 Å². The zero-order valence-electron chi connectivity index (χ0n) is 13.3. The maximum atomic E-state index is 2.48. The van der Waals surface area contributed by atoms with Crippen LogP contribution in [0, 0.1) is 12.8 Å². The molecule has 0 radical (unpaired) electrons. The average molecular weight is 256 g/mol. The van der Waals surface area contributed by atoms with E-state index in [0.717, 1.165) is 25.2 Å². The molecule has 19 heavy (non-hydrogen) atoms. The molecule has 1 aliphatic rings. The van der Waals surface area contributed by atoms with E-state index in [9.17, 15) is 0 Å². The zero-order valence-corrected chi connectivity index (χ0v) is 13.3. The number of hydrogen-bond donors (Lipinski definition) is 0. The summed E-state index contributed by atoms with van der Waals surface area (Å²) in [4.78, 5) is 0. The summed E-state index contributed by atoms with van der Waals surface area (Å²) in [5, 5.41) is 0. The van der Waals surface area contributed by atoms with Crippen LogP contribution in [0.1, 0.15) is 68.4 Å². The van der Waals surface area contributed by atoms with Gasteiger partial charge in [0.1, 0.15) is 0 Å². The molecule has 0 heteroatoms. The number of allylic oxidation sites excluding steroid dienone is 1. The fourth-order valence-corrected chi connectivity index (χ4v) is 3.20. The van der Waals surface area contributed by atoms with Gasteiger partial charge in [-0.15, -0.1) is 0 Å². The largest absolute Gasteiger partial charge is 0.0696 e. The first-order chi connectivity index (χ1) is 9.12. The van der Waals surface area contributed by atoms with Crippen LogP contribution in [-0.2, 0) is 19.3 Å². The van der Waals surface area contributed by atoms with E-state index in [-0.39, 0.29) is 0 Å². The minimum Gasteiger partial charge on any atom is -0.0696 e. The van der Waals surface area contributed by atoms with E-state index < -0.39 is 0 Å². The van der Waals surface area contributed by atoms with Crippen molar-refractivity contribution in [2.75, 3.05) is 0 Å². The van der Waals surface area contributed by atoms with E-state index in [0.29, 0.717) is 0 Å². The third-order valence-corrected chi connectivity index (χ3v) is 4.65. The molecule has 1 aromatic carbocycles. The van der Waals surface area contributed by atoms with Crippen molar-refractivity contribution in [2.24, 2.45) is 5.92 Å². The smallest absolute Gasteiger partial charge is 0.0193 e. The van der Waals surface area contributed by atoms with Gasteiger partial charge in [0.2, 0.25) is 0 Å². The Hall–Kier alpha value is -1.04. The number of rotatable bonds is 5. The molecule has 0 aliphatic heterocycles. The maximum absolute atomic E-state index is 2.48. The Bertz CT molecular complexity index is 487. The van der Waals surface area contributed by atoms with Crippen LogP contribution >= 0.6 is 0 Å². The normalized spacial score (nSPS) is 15.9. The lowest BCUT2D eigenvalue weighted by atomic mass is 9.88. The van der Waals surface area contributed by atoms with Gasteiger partial charge in [-0.3, -0.25) is 0 Å². The highest BCUT2D eigenvalue weighted by atomic mass is 14.3. The van der Waals surface area contributed by atoms with Gasteiger partial charge in [-0.25, -0.2) is 0 Å². The zero-order chi connectivity index (χ0) is 14.0. The topological polar surface area (TPSA) is 0 Å². The number of benzene rings is 1. The van der Waals surface area contributed by atoms with Gasteiger partial charge in [0.05, 0.1) is 0 Å². The molecular weight excluding hydrogens is 228 g/mol. The van der Waals surface area contributed by atoms with Crippen molar-refractivity contribution in [3.05, 3.63) is 39.5 Å². The maximum Gasteiger partial charge on any atom is -0.0193 e.